The van der Waals surface area contributed by atoms with E-state index in [2.05, 4.69) is 46.4 Å². The molecule has 1 aromatic carbocycles. The zero-order valence-electron chi connectivity index (χ0n) is 15.2. The first-order valence-electron chi connectivity index (χ1n) is 9.21. The molecule has 3 heterocycles. The smallest absolute Gasteiger partial charge is 0.260 e. The number of benzene rings is 1. The van der Waals surface area contributed by atoms with Gasteiger partial charge in [0.05, 0.1) is 6.20 Å². The number of nitrogens with one attached hydrogen (secondary N) is 2. The third-order valence-electron chi connectivity index (χ3n) is 5.20. The minimum absolute atomic E-state index is 0.171. The van der Waals surface area contributed by atoms with E-state index in [0.717, 1.165) is 29.7 Å². The minimum atomic E-state index is -0.341. The van der Waals surface area contributed by atoms with Crippen LogP contribution in [0.25, 0.3) is 11.1 Å². The molecule has 0 spiro atoms. The lowest BCUT2D eigenvalue weighted by atomic mass is 9.90. The van der Waals surface area contributed by atoms with Gasteiger partial charge >= 0.3 is 0 Å². The number of rotatable bonds is 3. The summed E-state index contributed by atoms with van der Waals surface area (Å²) in [6, 6.07) is 11.6. The van der Waals surface area contributed by atoms with Gasteiger partial charge in [-0.1, -0.05) is 29.8 Å². The lowest BCUT2D eigenvalue weighted by molar-refractivity contribution is 0.0704. The molecule has 3 aromatic rings. The molecule has 0 aliphatic carbocycles. The number of carbonyl (C=O) groups excluding carboxylic acids is 1. The number of aromatic nitrogens is 3. The molecule has 138 valence electrons. The lowest BCUT2D eigenvalue weighted by Gasteiger charge is -2.32. The summed E-state index contributed by atoms with van der Waals surface area (Å²) in [6.07, 6.45) is 5.27. The Hall–Kier alpha value is -3.15. The summed E-state index contributed by atoms with van der Waals surface area (Å²) in [5.74, 6) is -0.0396. The number of amides is 1. The van der Waals surface area contributed by atoms with Crippen LogP contribution in [0, 0.1) is 6.92 Å². The summed E-state index contributed by atoms with van der Waals surface area (Å²) in [5, 5.41) is 7.40. The molecule has 1 aliphatic heterocycles. The molecule has 1 saturated heterocycles. The van der Waals surface area contributed by atoms with Gasteiger partial charge in [-0.3, -0.25) is 14.7 Å². The number of hydrogen-bond donors (Lipinski definition) is 2. The molecule has 1 aliphatic rings. The van der Waals surface area contributed by atoms with Gasteiger partial charge in [-0.05, 0) is 37.5 Å². The average Bonchev–Trinajstić information content (AvgIpc) is 3.18. The van der Waals surface area contributed by atoms with Crippen LogP contribution in [0.4, 0.5) is 0 Å². The van der Waals surface area contributed by atoms with Gasteiger partial charge in [0, 0.05) is 36.5 Å². The zero-order chi connectivity index (χ0) is 18.8. The molecule has 6 heteroatoms. The van der Waals surface area contributed by atoms with Crippen molar-refractivity contribution in [2.24, 2.45) is 0 Å². The predicted octanol–water partition coefficient (Wildman–Crippen LogP) is 3.09. The van der Waals surface area contributed by atoms with Gasteiger partial charge in [0.15, 0.2) is 0 Å². The fourth-order valence-electron chi connectivity index (χ4n) is 3.73. The van der Waals surface area contributed by atoms with E-state index in [1.807, 2.05) is 6.20 Å². The number of carbonyl (C=O) groups is 1. The van der Waals surface area contributed by atoms with Crippen molar-refractivity contribution < 1.29 is 4.79 Å². The molecule has 2 N–H and O–H groups in total. The molecule has 1 amide bonds. The van der Waals surface area contributed by atoms with Crippen LogP contribution < -0.4 is 5.56 Å². The Morgan fingerprint density at radius 1 is 1.22 bits per heavy atom. The average molecular weight is 362 g/mol. The lowest BCUT2D eigenvalue weighted by Crippen LogP contribution is -2.41. The highest BCUT2D eigenvalue weighted by atomic mass is 16.2. The fraction of sp³-hybridized carbons (Fsp3) is 0.286. The van der Waals surface area contributed by atoms with E-state index in [1.165, 1.54) is 11.8 Å². The first kappa shape index (κ1) is 17.3. The predicted molar refractivity (Wildman–Crippen MR) is 104 cm³/mol. The van der Waals surface area contributed by atoms with Crippen molar-refractivity contribution in [2.75, 3.05) is 13.1 Å². The van der Waals surface area contributed by atoms with E-state index < -0.39 is 0 Å². The Balaban J connectivity index is 1.59. The summed E-state index contributed by atoms with van der Waals surface area (Å²) in [4.78, 5) is 29.1. The van der Waals surface area contributed by atoms with Crippen molar-refractivity contribution in [3.8, 4) is 11.1 Å². The molecule has 1 atom stereocenters. The molecule has 2 aromatic heterocycles. The van der Waals surface area contributed by atoms with Gasteiger partial charge < -0.3 is 9.88 Å². The third-order valence-corrected chi connectivity index (χ3v) is 5.20. The summed E-state index contributed by atoms with van der Waals surface area (Å²) in [5.41, 5.74) is 4.32. The third kappa shape index (κ3) is 3.43. The maximum Gasteiger partial charge on any atom is 0.260 e. The van der Waals surface area contributed by atoms with Gasteiger partial charge in [-0.15, -0.1) is 0 Å². The number of pyridine rings is 1. The molecule has 0 unspecified atom stereocenters. The Morgan fingerprint density at radius 2 is 2.04 bits per heavy atom. The highest BCUT2D eigenvalue weighted by Gasteiger charge is 2.29. The van der Waals surface area contributed by atoms with Crippen LogP contribution in [0.2, 0.25) is 0 Å². The second-order valence-electron chi connectivity index (χ2n) is 7.07. The van der Waals surface area contributed by atoms with Crippen molar-refractivity contribution in [3.63, 3.8) is 0 Å². The van der Waals surface area contributed by atoms with E-state index >= 15 is 0 Å². The molecule has 27 heavy (non-hydrogen) atoms. The van der Waals surface area contributed by atoms with Crippen LogP contribution in [-0.4, -0.2) is 39.1 Å². The quantitative estimate of drug-likeness (QED) is 0.751. The van der Waals surface area contributed by atoms with Gasteiger partial charge in [-0.25, -0.2) is 0 Å². The highest BCUT2D eigenvalue weighted by molar-refractivity contribution is 5.93. The Morgan fingerprint density at radius 3 is 2.81 bits per heavy atom. The van der Waals surface area contributed by atoms with Gasteiger partial charge in [0.1, 0.15) is 5.56 Å². The second-order valence-corrected chi connectivity index (χ2v) is 7.07. The standard InChI is InChI=1S/C21H22N4O2/c1-14-6-8-15(9-7-14)18-12-23-24-19(18)16-4-3-11-25(13-16)21(27)17-5-2-10-22-20(17)26/h2,5-10,12,16H,3-4,11,13H2,1H3,(H,22,26)(H,23,24)/t16-/m1/s1. The zero-order valence-corrected chi connectivity index (χ0v) is 15.2. The molecule has 1 fully saturated rings. The van der Waals surface area contributed by atoms with Crippen LogP contribution in [0.15, 0.2) is 53.6 Å². The van der Waals surface area contributed by atoms with Crippen molar-refractivity contribution in [2.45, 2.75) is 25.7 Å². The summed E-state index contributed by atoms with van der Waals surface area (Å²) in [6.45, 7) is 3.31. The van der Waals surface area contributed by atoms with Crippen LogP contribution in [0.3, 0.4) is 0 Å². The Bertz CT molecular complexity index is 1000. The van der Waals surface area contributed by atoms with E-state index in [-0.39, 0.29) is 22.9 Å². The van der Waals surface area contributed by atoms with Gasteiger partial charge in [0.25, 0.3) is 11.5 Å². The number of nitrogens with zero attached hydrogens (tertiary/aromatic N) is 2. The minimum Gasteiger partial charge on any atom is -0.338 e. The monoisotopic (exact) mass is 362 g/mol. The topological polar surface area (TPSA) is 81.8 Å². The first-order valence-corrected chi connectivity index (χ1v) is 9.21. The first-order chi connectivity index (χ1) is 13.1. The molecule has 0 radical (unpaired) electrons. The van der Waals surface area contributed by atoms with Crippen molar-refractivity contribution in [1.82, 2.24) is 20.1 Å². The number of hydrogen-bond acceptors (Lipinski definition) is 3. The van der Waals surface area contributed by atoms with Crippen LogP contribution >= 0.6 is 0 Å². The highest BCUT2D eigenvalue weighted by Crippen LogP contribution is 2.33. The number of likely N-dealkylation sites (tertiary alicyclic amines) is 1. The maximum atomic E-state index is 12.8. The van der Waals surface area contributed by atoms with Crippen molar-refractivity contribution in [3.05, 3.63) is 76.0 Å². The largest absolute Gasteiger partial charge is 0.338 e. The van der Waals surface area contributed by atoms with Crippen molar-refractivity contribution in [1.29, 1.82) is 0 Å². The molecular weight excluding hydrogens is 340 g/mol. The van der Waals surface area contributed by atoms with Crippen molar-refractivity contribution >= 4 is 5.91 Å². The molecule has 6 nitrogen and oxygen atoms in total. The van der Waals surface area contributed by atoms with E-state index in [4.69, 9.17) is 0 Å². The summed E-state index contributed by atoms with van der Waals surface area (Å²) in [7, 11) is 0. The molecule has 4 rings (SSSR count). The molecular formula is C21H22N4O2. The normalized spacial score (nSPS) is 17.1. The van der Waals surface area contributed by atoms with Crippen LogP contribution in [0.1, 0.15) is 40.4 Å². The maximum absolute atomic E-state index is 12.8. The SMILES string of the molecule is Cc1ccc(-c2cn[nH]c2[C@@H]2CCCN(C(=O)c3ccc[nH]c3=O)C2)cc1. The van der Waals surface area contributed by atoms with Gasteiger partial charge in [0.2, 0.25) is 0 Å². The van der Waals surface area contributed by atoms with Crippen LogP contribution in [0.5, 0.6) is 0 Å². The number of aryl methyl sites for hydroxylation is 1. The van der Waals surface area contributed by atoms with Gasteiger partial charge in [-0.2, -0.15) is 5.10 Å². The molecule has 0 saturated carbocycles. The van der Waals surface area contributed by atoms with E-state index in [9.17, 15) is 9.59 Å². The number of H-pyrrole nitrogens is 2. The Kier molecular flexibility index (Phi) is 4.62. The number of aromatic amines is 2. The van der Waals surface area contributed by atoms with E-state index in [1.54, 1.807) is 17.0 Å². The molecule has 0 bridgehead atoms. The van der Waals surface area contributed by atoms with E-state index in [0.29, 0.717) is 13.1 Å². The summed E-state index contributed by atoms with van der Waals surface area (Å²) >= 11 is 0. The summed E-state index contributed by atoms with van der Waals surface area (Å²) < 4.78 is 0. The number of piperidine rings is 1. The Labute approximate surface area is 157 Å². The second kappa shape index (κ2) is 7.23. The van der Waals surface area contributed by atoms with Crippen LogP contribution in [-0.2, 0) is 0 Å². The fourth-order valence-corrected chi connectivity index (χ4v) is 3.73.